The zero-order valence-electron chi connectivity index (χ0n) is 12.0. The number of halogens is 2. The van der Waals surface area contributed by atoms with Gasteiger partial charge in [0.1, 0.15) is 17.3 Å². The molecule has 0 aliphatic heterocycles. The molecule has 0 fully saturated rings. The van der Waals surface area contributed by atoms with Gasteiger partial charge in [-0.15, -0.1) is 0 Å². The van der Waals surface area contributed by atoms with Crippen LogP contribution >= 0.6 is 0 Å². The van der Waals surface area contributed by atoms with Crippen LogP contribution in [0, 0.1) is 18.6 Å². The molecule has 0 aromatic heterocycles. The lowest BCUT2D eigenvalue weighted by atomic mass is 10.2. The first-order chi connectivity index (χ1) is 10.0. The van der Waals surface area contributed by atoms with Crippen molar-refractivity contribution in [3.8, 4) is 5.75 Å². The molecule has 0 radical (unpaired) electrons. The van der Waals surface area contributed by atoms with E-state index in [1.807, 2.05) is 6.92 Å². The zero-order valence-corrected chi connectivity index (χ0v) is 12.0. The Hall–Kier alpha value is -2.30. The number of rotatable bonds is 5. The standard InChI is InChI=1S/C16H18F2N2O/c1-3-6-21-13-8-11(19)7-12(9-13)20-16-14(17)5-4-10(2)15(16)18/h4-5,7-9,20H,3,6,19H2,1-2H3. The van der Waals surface area contributed by atoms with Gasteiger partial charge in [-0.2, -0.15) is 0 Å². The van der Waals surface area contributed by atoms with Crippen molar-refractivity contribution < 1.29 is 13.5 Å². The van der Waals surface area contributed by atoms with Crippen LogP contribution in [-0.4, -0.2) is 6.61 Å². The van der Waals surface area contributed by atoms with E-state index in [0.717, 1.165) is 6.42 Å². The van der Waals surface area contributed by atoms with E-state index in [9.17, 15) is 8.78 Å². The molecule has 0 aliphatic carbocycles. The van der Waals surface area contributed by atoms with Crippen molar-refractivity contribution in [1.29, 1.82) is 0 Å². The molecule has 3 N–H and O–H groups in total. The summed E-state index contributed by atoms with van der Waals surface area (Å²) in [5.41, 5.74) is 6.89. The van der Waals surface area contributed by atoms with Crippen LogP contribution in [0.4, 0.5) is 25.8 Å². The van der Waals surface area contributed by atoms with Crippen molar-refractivity contribution in [2.45, 2.75) is 20.3 Å². The van der Waals surface area contributed by atoms with Crippen LogP contribution < -0.4 is 15.8 Å². The summed E-state index contributed by atoms with van der Waals surface area (Å²) in [6, 6.07) is 7.55. The Bertz CT molecular complexity index is 644. The van der Waals surface area contributed by atoms with Gasteiger partial charge in [-0.05, 0) is 31.0 Å². The van der Waals surface area contributed by atoms with Crippen molar-refractivity contribution in [3.63, 3.8) is 0 Å². The number of nitrogens with two attached hydrogens (primary N) is 1. The lowest BCUT2D eigenvalue weighted by molar-refractivity contribution is 0.318. The molecule has 0 saturated heterocycles. The third-order valence-electron chi connectivity index (χ3n) is 2.96. The predicted molar refractivity (Wildman–Crippen MR) is 81.0 cm³/mol. The van der Waals surface area contributed by atoms with Gasteiger partial charge in [-0.25, -0.2) is 8.78 Å². The van der Waals surface area contributed by atoms with Gasteiger partial charge in [0.15, 0.2) is 5.82 Å². The molecular weight excluding hydrogens is 274 g/mol. The van der Waals surface area contributed by atoms with Crippen LogP contribution in [0.5, 0.6) is 5.75 Å². The third kappa shape index (κ3) is 3.62. The Labute approximate surface area is 122 Å². The van der Waals surface area contributed by atoms with Crippen LogP contribution in [0.3, 0.4) is 0 Å². The summed E-state index contributed by atoms with van der Waals surface area (Å²) in [7, 11) is 0. The second kappa shape index (κ2) is 6.43. The first kappa shape index (κ1) is 15.1. The molecule has 2 aromatic carbocycles. The van der Waals surface area contributed by atoms with E-state index in [2.05, 4.69) is 5.32 Å². The molecule has 5 heteroatoms. The SMILES string of the molecule is CCCOc1cc(N)cc(Nc2c(F)ccc(C)c2F)c1. The Morgan fingerprint density at radius 1 is 1.19 bits per heavy atom. The average molecular weight is 292 g/mol. The number of nitrogen functional groups attached to an aromatic ring is 1. The van der Waals surface area contributed by atoms with Gasteiger partial charge in [0.25, 0.3) is 0 Å². The van der Waals surface area contributed by atoms with Gasteiger partial charge in [-0.1, -0.05) is 13.0 Å². The molecule has 112 valence electrons. The summed E-state index contributed by atoms with van der Waals surface area (Å²) < 4.78 is 33.2. The maximum atomic E-state index is 14.0. The number of hydrogen-bond acceptors (Lipinski definition) is 3. The fourth-order valence-corrected chi connectivity index (χ4v) is 1.91. The molecule has 0 heterocycles. The van der Waals surface area contributed by atoms with Gasteiger partial charge >= 0.3 is 0 Å². The minimum Gasteiger partial charge on any atom is -0.493 e. The maximum Gasteiger partial charge on any atom is 0.152 e. The molecule has 0 unspecified atom stereocenters. The summed E-state index contributed by atoms with van der Waals surface area (Å²) in [4.78, 5) is 0. The number of ether oxygens (including phenoxy) is 1. The highest BCUT2D eigenvalue weighted by Gasteiger charge is 2.12. The summed E-state index contributed by atoms with van der Waals surface area (Å²) in [6.07, 6.45) is 0.860. The minimum atomic E-state index is -0.656. The second-order valence-electron chi connectivity index (χ2n) is 4.82. The maximum absolute atomic E-state index is 14.0. The Balaban J connectivity index is 2.31. The fourth-order valence-electron chi connectivity index (χ4n) is 1.91. The first-order valence-electron chi connectivity index (χ1n) is 6.76. The highest BCUT2D eigenvalue weighted by molar-refractivity contribution is 5.67. The Morgan fingerprint density at radius 3 is 2.67 bits per heavy atom. The molecule has 0 aliphatic rings. The average Bonchev–Trinajstić information content (AvgIpc) is 2.45. The smallest absolute Gasteiger partial charge is 0.152 e. The second-order valence-corrected chi connectivity index (χ2v) is 4.82. The molecule has 3 nitrogen and oxygen atoms in total. The van der Waals surface area contributed by atoms with Crippen molar-refractivity contribution in [2.24, 2.45) is 0 Å². The summed E-state index contributed by atoms with van der Waals surface area (Å²) in [6.45, 7) is 4.12. The van der Waals surface area contributed by atoms with E-state index in [0.29, 0.717) is 29.3 Å². The predicted octanol–water partition coefficient (Wildman–Crippen LogP) is 4.39. The molecule has 0 saturated carbocycles. The lowest BCUT2D eigenvalue weighted by Crippen LogP contribution is -2.01. The first-order valence-corrected chi connectivity index (χ1v) is 6.76. The summed E-state index contributed by atoms with van der Waals surface area (Å²) >= 11 is 0. The molecule has 2 aromatic rings. The van der Waals surface area contributed by atoms with E-state index < -0.39 is 11.6 Å². The fraction of sp³-hybridized carbons (Fsp3) is 0.250. The summed E-state index contributed by atoms with van der Waals surface area (Å²) in [5, 5.41) is 2.73. The Kier molecular flexibility index (Phi) is 4.62. The highest BCUT2D eigenvalue weighted by Crippen LogP contribution is 2.29. The summed E-state index contributed by atoms with van der Waals surface area (Å²) in [5.74, 6) is -0.710. The number of nitrogens with one attached hydrogen (secondary N) is 1. The van der Waals surface area contributed by atoms with Crippen LogP contribution in [0.1, 0.15) is 18.9 Å². The monoisotopic (exact) mass is 292 g/mol. The quantitative estimate of drug-likeness (QED) is 0.804. The van der Waals surface area contributed by atoms with Gasteiger partial charge in [0, 0.05) is 23.5 Å². The van der Waals surface area contributed by atoms with Crippen LogP contribution in [0.15, 0.2) is 30.3 Å². The Morgan fingerprint density at radius 2 is 1.95 bits per heavy atom. The van der Waals surface area contributed by atoms with Gasteiger partial charge < -0.3 is 15.8 Å². The highest BCUT2D eigenvalue weighted by atomic mass is 19.1. The third-order valence-corrected chi connectivity index (χ3v) is 2.96. The number of hydrogen-bond donors (Lipinski definition) is 2. The van der Waals surface area contributed by atoms with E-state index >= 15 is 0 Å². The largest absolute Gasteiger partial charge is 0.493 e. The molecular formula is C16H18F2N2O. The molecule has 2 rings (SSSR count). The normalized spacial score (nSPS) is 10.5. The van der Waals surface area contributed by atoms with E-state index in [1.165, 1.54) is 12.1 Å². The number of aryl methyl sites for hydroxylation is 1. The van der Waals surface area contributed by atoms with E-state index in [-0.39, 0.29) is 5.69 Å². The molecule has 0 bridgehead atoms. The van der Waals surface area contributed by atoms with Crippen molar-refractivity contribution in [1.82, 2.24) is 0 Å². The van der Waals surface area contributed by atoms with Crippen LogP contribution in [-0.2, 0) is 0 Å². The van der Waals surface area contributed by atoms with Crippen molar-refractivity contribution in [2.75, 3.05) is 17.7 Å². The molecule has 0 amide bonds. The topological polar surface area (TPSA) is 47.3 Å². The van der Waals surface area contributed by atoms with Gasteiger partial charge in [0.05, 0.1) is 6.61 Å². The van der Waals surface area contributed by atoms with E-state index in [4.69, 9.17) is 10.5 Å². The molecule has 21 heavy (non-hydrogen) atoms. The molecule has 0 atom stereocenters. The van der Waals surface area contributed by atoms with Crippen molar-refractivity contribution >= 4 is 17.1 Å². The number of anilines is 3. The zero-order chi connectivity index (χ0) is 15.4. The van der Waals surface area contributed by atoms with Gasteiger partial charge in [0.2, 0.25) is 0 Å². The van der Waals surface area contributed by atoms with Crippen molar-refractivity contribution in [3.05, 3.63) is 47.5 Å². The molecule has 0 spiro atoms. The lowest BCUT2D eigenvalue weighted by Gasteiger charge is -2.13. The van der Waals surface area contributed by atoms with Gasteiger partial charge in [-0.3, -0.25) is 0 Å². The van der Waals surface area contributed by atoms with Crippen LogP contribution in [0.2, 0.25) is 0 Å². The number of benzene rings is 2. The van der Waals surface area contributed by atoms with Crippen LogP contribution in [0.25, 0.3) is 0 Å². The van der Waals surface area contributed by atoms with E-state index in [1.54, 1.807) is 25.1 Å². The minimum absolute atomic E-state index is 0.193.